The molecule has 1 unspecified atom stereocenters. The second-order valence-corrected chi connectivity index (χ2v) is 7.59. The maximum atomic E-state index is 13.4. The maximum Gasteiger partial charge on any atom is 0.335 e. The largest absolute Gasteiger partial charge is 0.382 e. The topological polar surface area (TPSA) is 157 Å². The highest BCUT2D eigenvalue weighted by Gasteiger charge is 2.26. The van der Waals surface area contributed by atoms with Crippen molar-refractivity contribution in [2.75, 3.05) is 24.1 Å². The van der Waals surface area contributed by atoms with Gasteiger partial charge in [0.05, 0.1) is 11.7 Å². The molecule has 4 aromatic rings. The van der Waals surface area contributed by atoms with Crippen molar-refractivity contribution >= 4 is 28.7 Å². The highest BCUT2D eigenvalue weighted by Crippen LogP contribution is 2.25. The van der Waals surface area contributed by atoms with Crippen LogP contribution in [0.1, 0.15) is 28.5 Å². The minimum Gasteiger partial charge on any atom is -0.382 e. The van der Waals surface area contributed by atoms with Crippen molar-refractivity contribution in [2.45, 2.75) is 12.5 Å². The van der Waals surface area contributed by atoms with Crippen molar-refractivity contribution in [1.29, 1.82) is 5.26 Å². The van der Waals surface area contributed by atoms with E-state index in [2.05, 4.69) is 25.6 Å². The van der Waals surface area contributed by atoms with E-state index in [1.807, 2.05) is 6.07 Å². The zero-order valence-electron chi connectivity index (χ0n) is 17.4. The van der Waals surface area contributed by atoms with Crippen LogP contribution in [-0.2, 0) is 0 Å². The number of nitrogens with one attached hydrogen (secondary N) is 2. The SMILES string of the molecule is N#Cc1cccc(NC(=O)c2ccc(-n3c(=O)n(C4CCNC4)c4ncnc(N)c43)cc2)n1. The van der Waals surface area contributed by atoms with Crippen LogP contribution in [0, 0.1) is 11.3 Å². The van der Waals surface area contributed by atoms with Crippen molar-refractivity contribution in [1.82, 2.24) is 29.4 Å². The third-order valence-electron chi connectivity index (χ3n) is 5.57. The highest BCUT2D eigenvalue weighted by atomic mass is 16.2. The first-order valence-electron chi connectivity index (χ1n) is 10.3. The fourth-order valence-corrected chi connectivity index (χ4v) is 4.01. The molecule has 11 heteroatoms. The molecule has 11 nitrogen and oxygen atoms in total. The van der Waals surface area contributed by atoms with Gasteiger partial charge in [0, 0.05) is 12.1 Å². The van der Waals surface area contributed by atoms with Gasteiger partial charge in [0.25, 0.3) is 5.91 Å². The number of carbonyl (C=O) groups excluding carboxylic acids is 1. The number of imidazole rings is 1. The number of aromatic nitrogens is 5. The van der Waals surface area contributed by atoms with E-state index < -0.39 is 5.91 Å². The summed E-state index contributed by atoms with van der Waals surface area (Å²) < 4.78 is 3.13. The summed E-state index contributed by atoms with van der Waals surface area (Å²) in [5.74, 6) is 0.0865. The Morgan fingerprint density at radius 1 is 1.21 bits per heavy atom. The maximum absolute atomic E-state index is 13.4. The lowest BCUT2D eigenvalue weighted by molar-refractivity contribution is 0.102. The highest BCUT2D eigenvalue weighted by molar-refractivity contribution is 6.03. The van der Waals surface area contributed by atoms with Crippen LogP contribution in [0.4, 0.5) is 11.6 Å². The van der Waals surface area contributed by atoms with Crippen molar-refractivity contribution in [3.8, 4) is 11.8 Å². The van der Waals surface area contributed by atoms with Gasteiger partial charge in [-0.2, -0.15) is 5.26 Å². The first-order chi connectivity index (χ1) is 16.1. The van der Waals surface area contributed by atoms with Crippen LogP contribution in [0.15, 0.2) is 53.6 Å². The molecule has 33 heavy (non-hydrogen) atoms. The van der Waals surface area contributed by atoms with Crippen molar-refractivity contribution in [2.24, 2.45) is 0 Å². The first-order valence-corrected chi connectivity index (χ1v) is 10.3. The third-order valence-corrected chi connectivity index (χ3v) is 5.57. The first kappa shape index (κ1) is 20.3. The van der Waals surface area contributed by atoms with Gasteiger partial charge in [-0.15, -0.1) is 0 Å². The van der Waals surface area contributed by atoms with E-state index in [1.165, 1.54) is 10.9 Å². The van der Waals surface area contributed by atoms with Crippen LogP contribution >= 0.6 is 0 Å². The fraction of sp³-hybridized carbons (Fsp3) is 0.182. The quantitative estimate of drug-likeness (QED) is 0.427. The predicted molar refractivity (Wildman–Crippen MR) is 121 cm³/mol. The van der Waals surface area contributed by atoms with Crippen LogP contribution in [0.5, 0.6) is 0 Å². The average molecular weight is 441 g/mol. The summed E-state index contributed by atoms with van der Waals surface area (Å²) in [6.45, 7) is 1.49. The number of carbonyl (C=O) groups is 1. The van der Waals surface area contributed by atoms with E-state index in [-0.39, 0.29) is 29.1 Å². The van der Waals surface area contributed by atoms with Gasteiger partial charge in [-0.3, -0.25) is 13.9 Å². The Kier molecular flexibility index (Phi) is 5.04. The lowest BCUT2D eigenvalue weighted by Gasteiger charge is -2.09. The second-order valence-electron chi connectivity index (χ2n) is 7.59. The van der Waals surface area contributed by atoms with Crippen molar-refractivity contribution < 1.29 is 4.79 Å². The number of pyridine rings is 1. The van der Waals surface area contributed by atoms with E-state index in [4.69, 9.17) is 11.0 Å². The molecule has 1 amide bonds. The van der Waals surface area contributed by atoms with Gasteiger partial charge in [0.2, 0.25) is 0 Å². The van der Waals surface area contributed by atoms with E-state index >= 15 is 0 Å². The average Bonchev–Trinajstić information content (AvgIpc) is 3.45. The number of anilines is 2. The number of nitrogens with two attached hydrogens (primary N) is 1. The Labute approximate surface area is 187 Å². The minimum atomic E-state index is -0.390. The second kappa shape index (κ2) is 8.18. The smallest absolute Gasteiger partial charge is 0.335 e. The van der Waals surface area contributed by atoms with E-state index in [0.29, 0.717) is 29.0 Å². The molecule has 164 valence electrons. The van der Waals surface area contributed by atoms with Gasteiger partial charge in [0.1, 0.15) is 29.4 Å². The van der Waals surface area contributed by atoms with E-state index in [0.717, 1.165) is 13.0 Å². The summed E-state index contributed by atoms with van der Waals surface area (Å²) >= 11 is 0. The zero-order valence-corrected chi connectivity index (χ0v) is 17.4. The number of hydrogen-bond acceptors (Lipinski definition) is 8. The summed E-state index contributed by atoms with van der Waals surface area (Å²) in [5.41, 5.74) is 7.89. The van der Waals surface area contributed by atoms with Gasteiger partial charge in [0.15, 0.2) is 11.5 Å². The molecular weight excluding hydrogens is 422 g/mol. The summed E-state index contributed by atoms with van der Waals surface area (Å²) in [7, 11) is 0. The molecule has 4 heterocycles. The standard InChI is InChI=1S/C22H19N9O2/c23-10-14-2-1-3-17(28-14)29-21(32)13-4-6-15(7-5-13)30-18-19(24)26-12-27-20(18)31(22(30)33)16-8-9-25-11-16/h1-7,12,16,25H,8-9,11H2,(H2,24,26,27)(H,28,29,32). The molecule has 5 rings (SSSR count). The molecule has 1 fully saturated rings. The molecule has 0 spiro atoms. The Balaban J connectivity index is 1.51. The molecular formula is C22H19N9O2. The summed E-state index contributed by atoms with van der Waals surface area (Å²) in [6, 6.07) is 13.2. The van der Waals surface area contributed by atoms with Crippen molar-refractivity contribution in [3.05, 3.63) is 70.5 Å². The van der Waals surface area contributed by atoms with Crippen LogP contribution in [0.3, 0.4) is 0 Å². The lowest BCUT2D eigenvalue weighted by atomic mass is 10.2. The number of fused-ring (bicyclic) bond motifs is 1. The summed E-state index contributed by atoms with van der Waals surface area (Å²) in [6.07, 6.45) is 2.16. The summed E-state index contributed by atoms with van der Waals surface area (Å²) in [5, 5.41) is 14.9. The van der Waals surface area contributed by atoms with Gasteiger partial charge >= 0.3 is 5.69 Å². The fourth-order valence-electron chi connectivity index (χ4n) is 4.01. The van der Waals surface area contributed by atoms with Gasteiger partial charge in [-0.05, 0) is 49.4 Å². The van der Waals surface area contributed by atoms with E-state index in [9.17, 15) is 9.59 Å². The molecule has 4 N–H and O–H groups in total. The van der Waals surface area contributed by atoms with Crippen LogP contribution in [-0.4, -0.2) is 43.1 Å². The number of benzene rings is 1. The number of rotatable bonds is 4. The number of nitriles is 1. The lowest BCUT2D eigenvalue weighted by Crippen LogP contribution is -2.28. The Morgan fingerprint density at radius 3 is 2.76 bits per heavy atom. The van der Waals surface area contributed by atoms with Gasteiger partial charge < -0.3 is 16.4 Å². The molecule has 1 aromatic carbocycles. The van der Waals surface area contributed by atoms with Crippen LogP contribution in [0.2, 0.25) is 0 Å². The molecule has 0 bridgehead atoms. The molecule has 1 aliphatic rings. The third kappa shape index (κ3) is 3.58. The Hall–Kier alpha value is -4.56. The number of amides is 1. The van der Waals surface area contributed by atoms with Gasteiger partial charge in [-0.1, -0.05) is 6.07 Å². The van der Waals surface area contributed by atoms with Crippen LogP contribution in [0.25, 0.3) is 16.9 Å². The molecule has 0 saturated carbocycles. The molecule has 1 atom stereocenters. The molecule has 3 aromatic heterocycles. The molecule has 1 aliphatic heterocycles. The van der Waals surface area contributed by atoms with Gasteiger partial charge in [-0.25, -0.2) is 19.7 Å². The number of hydrogen-bond donors (Lipinski definition) is 3. The summed E-state index contributed by atoms with van der Waals surface area (Å²) in [4.78, 5) is 38.5. The monoisotopic (exact) mass is 441 g/mol. The zero-order chi connectivity index (χ0) is 22.9. The molecule has 0 aliphatic carbocycles. The normalized spacial score (nSPS) is 15.4. The van der Waals surface area contributed by atoms with Crippen molar-refractivity contribution in [3.63, 3.8) is 0 Å². The number of nitrogen functional groups attached to an aromatic ring is 1. The van der Waals surface area contributed by atoms with Crippen LogP contribution < -0.4 is 22.1 Å². The molecule has 0 radical (unpaired) electrons. The number of nitrogens with zero attached hydrogens (tertiary/aromatic N) is 6. The predicted octanol–water partition coefficient (Wildman–Crippen LogP) is 1.22. The Morgan fingerprint density at radius 2 is 2.03 bits per heavy atom. The Bertz CT molecular complexity index is 1460. The van der Waals surface area contributed by atoms with E-state index in [1.54, 1.807) is 47.0 Å². The minimum absolute atomic E-state index is 0.0303. The molecule has 1 saturated heterocycles.